The molecule has 19 heavy (non-hydrogen) atoms. The number of aliphatic hydroxyl groups excluding tert-OH is 1. The molecule has 5 nitrogen and oxygen atoms in total. The third-order valence-corrected chi connectivity index (χ3v) is 4.70. The minimum atomic E-state index is -0.633. The Bertz CT molecular complexity index is 408. The Balaban J connectivity index is 2.10. The zero-order valence-electron chi connectivity index (χ0n) is 11.3. The summed E-state index contributed by atoms with van der Waals surface area (Å²) in [5, 5.41) is 14.8. The van der Waals surface area contributed by atoms with E-state index >= 15 is 0 Å². The van der Waals surface area contributed by atoms with Crippen molar-refractivity contribution in [2.75, 3.05) is 38.8 Å². The van der Waals surface area contributed by atoms with Gasteiger partial charge in [-0.15, -0.1) is 0 Å². The summed E-state index contributed by atoms with van der Waals surface area (Å²) < 4.78 is 8.36. The van der Waals surface area contributed by atoms with Crippen LogP contribution in [0.1, 0.15) is 11.8 Å². The predicted octanol–water partition coefficient (Wildman–Crippen LogP) is 1.37. The molecule has 0 aliphatic carbocycles. The molecule has 108 valence electrons. The van der Waals surface area contributed by atoms with Gasteiger partial charge in [0, 0.05) is 18.1 Å². The highest BCUT2D eigenvalue weighted by atomic mass is 79.9. The molecule has 0 bridgehead atoms. The van der Waals surface area contributed by atoms with Crippen LogP contribution in [0.15, 0.2) is 10.7 Å². The van der Waals surface area contributed by atoms with Gasteiger partial charge in [0.25, 0.3) is 0 Å². The molecule has 1 aliphatic heterocycles. The number of aliphatic hydroxyl groups is 1. The molecule has 1 saturated heterocycles. The van der Waals surface area contributed by atoms with Crippen molar-refractivity contribution >= 4 is 27.7 Å². The zero-order valence-corrected chi connectivity index (χ0v) is 13.7. The summed E-state index contributed by atoms with van der Waals surface area (Å²) in [6, 6.07) is 0. The first-order valence-corrected chi connectivity index (χ1v) is 8.27. The fourth-order valence-corrected chi connectivity index (χ4v) is 3.43. The van der Waals surface area contributed by atoms with Crippen molar-refractivity contribution in [1.29, 1.82) is 0 Å². The number of thioether (sulfide) groups is 1. The second-order valence-electron chi connectivity index (χ2n) is 4.83. The lowest BCUT2D eigenvalue weighted by atomic mass is 10.1. The van der Waals surface area contributed by atoms with Crippen LogP contribution >= 0.6 is 27.7 Å². The number of hydrogen-bond donors (Lipinski definition) is 1. The lowest BCUT2D eigenvalue weighted by Gasteiger charge is -2.27. The minimum Gasteiger partial charge on any atom is -0.384 e. The van der Waals surface area contributed by atoms with Gasteiger partial charge in [-0.3, -0.25) is 4.68 Å². The fourth-order valence-electron chi connectivity index (χ4n) is 2.00. The first kappa shape index (κ1) is 15.3. The first-order chi connectivity index (χ1) is 9.09. The van der Waals surface area contributed by atoms with Crippen LogP contribution in [0, 0.1) is 0 Å². The van der Waals surface area contributed by atoms with Crippen molar-refractivity contribution in [3.05, 3.63) is 16.4 Å². The monoisotopic (exact) mass is 349 g/mol. The fraction of sp³-hybridized carbons (Fsp3) is 0.750. The molecule has 2 heterocycles. The lowest BCUT2D eigenvalue weighted by molar-refractivity contribution is -0.0269. The van der Waals surface area contributed by atoms with E-state index in [1.165, 1.54) is 0 Å². The van der Waals surface area contributed by atoms with Gasteiger partial charge >= 0.3 is 0 Å². The van der Waals surface area contributed by atoms with Crippen molar-refractivity contribution in [2.24, 2.45) is 0 Å². The smallest absolute Gasteiger partial charge is 0.124 e. The maximum absolute atomic E-state index is 10.5. The first-order valence-electron chi connectivity index (χ1n) is 6.33. The molecular weight excluding hydrogens is 330 g/mol. The summed E-state index contributed by atoms with van der Waals surface area (Å²) in [4.78, 5) is 2.10. The molecule has 1 aliphatic rings. The summed E-state index contributed by atoms with van der Waals surface area (Å²) in [7, 11) is 4.05. The molecule has 2 rings (SSSR count). The molecule has 0 amide bonds. The Morgan fingerprint density at radius 1 is 1.68 bits per heavy atom. The van der Waals surface area contributed by atoms with Gasteiger partial charge in [0.15, 0.2) is 0 Å². The van der Waals surface area contributed by atoms with Crippen molar-refractivity contribution in [2.45, 2.75) is 18.8 Å². The number of likely N-dealkylation sites (N-methyl/N-ethyl adjacent to an activating group) is 1. The molecule has 7 heteroatoms. The summed E-state index contributed by atoms with van der Waals surface area (Å²) in [6.07, 6.45) is 0.959. The number of halogens is 1. The van der Waals surface area contributed by atoms with Crippen LogP contribution in [0.4, 0.5) is 0 Å². The zero-order chi connectivity index (χ0) is 13.8. The van der Waals surface area contributed by atoms with Gasteiger partial charge in [-0.1, -0.05) is 0 Å². The number of ether oxygens (including phenoxy) is 1. The predicted molar refractivity (Wildman–Crippen MR) is 80.5 cm³/mol. The van der Waals surface area contributed by atoms with Crippen molar-refractivity contribution in [3.63, 3.8) is 0 Å². The van der Waals surface area contributed by atoms with Gasteiger partial charge in [-0.25, -0.2) is 0 Å². The van der Waals surface area contributed by atoms with Gasteiger partial charge < -0.3 is 14.7 Å². The van der Waals surface area contributed by atoms with Gasteiger partial charge in [0.2, 0.25) is 0 Å². The number of hydrogen-bond acceptors (Lipinski definition) is 5. The minimum absolute atomic E-state index is 0.148. The largest absolute Gasteiger partial charge is 0.384 e. The maximum atomic E-state index is 10.5. The highest BCUT2D eigenvalue weighted by Crippen LogP contribution is 2.30. The van der Waals surface area contributed by atoms with Crippen molar-refractivity contribution in [3.8, 4) is 0 Å². The van der Waals surface area contributed by atoms with Crippen LogP contribution in [-0.2, 0) is 11.3 Å². The summed E-state index contributed by atoms with van der Waals surface area (Å²) >= 11 is 5.29. The average Bonchev–Trinajstić information content (AvgIpc) is 2.78. The molecule has 0 saturated carbocycles. The molecule has 2 atom stereocenters. The average molecular weight is 350 g/mol. The molecule has 0 spiro atoms. The van der Waals surface area contributed by atoms with Crippen LogP contribution in [0.3, 0.4) is 0 Å². The van der Waals surface area contributed by atoms with Gasteiger partial charge in [-0.2, -0.15) is 16.9 Å². The van der Waals surface area contributed by atoms with E-state index in [2.05, 4.69) is 25.9 Å². The van der Waals surface area contributed by atoms with Gasteiger partial charge in [-0.05, 0) is 30.0 Å². The molecular formula is C12H20BrN3O2S. The SMILES string of the molecule is CN(C)CCn1ncc(Br)c1C(O)C1CSCCO1. The van der Waals surface area contributed by atoms with E-state index in [0.717, 1.165) is 34.8 Å². The molecule has 1 aromatic rings. The second kappa shape index (κ2) is 7.08. The van der Waals surface area contributed by atoms with Crippen molar-refractivity contribution < 1.29 is 9.84 Å². The molecule has 1 fully saturated rings. The van der Waals surface area contributed by atoms with E-state index in [4.69, 9.17) is 4.74 Å². The molecule has 0 aromatic carbocycles. The molecule has 2 unspecified atom stereocenters. The molecule has 1 aromatic heterocycles. The van der Waals surface area contributed by atoms with E-state index < -0.39 is 6.10 Å². The third-order valence-electron chi connectivity index (χ3n) is 3.07. The second-order valence-corrected chi connectivity index (χ2v) is 6.84. The highest BCUT2D eigenvalue weighted by Gasteiger charge is 2.29. The Labute approximate surface area is 126 Å². The highest BCUT2D eigenvalue weighted by molar-refractivity contribution is 9.10. The Morgan fingerprint density at radius 3 is 3.11 bits per heavy atom. The van der Waals surface area contributed by atoms with E-state index in [0.29, 0.717) is 6.61 Å². The summed E-state index contributed by atoms with van der Waals surface area (Å²) in [5.41, 5.74) is 0.814. The van der Waals surface area contributed by atoms with E-state index in [-0.39, 0.29) is 6.10 Å². The van der Waals surface area contributed by atoms with Gasteiger partial charge in [0.1, 0.15) is 6.10 Å². The van der Waals surface area contributed by atoms with E-state index in [1.807, 2.05) is 30.5 Å². The topological polar surface area (TPSA) is 50.5 Å². The summed E-state index contributed by atoms with van der Waals surface area (Å²) in [6.45, 7) is 2.34. The Hall–Kier alpha value is -0.0800. The standard InChI is InChI=1S/C12H20BrN3O2S/c1-15(2)3-4-16-11(9(13)7-14-16)12(17)10-8-19-6-5-18-10/h7,10,12,17H,3-6,8H2,1-2H3. The molecule has 1 N–H and O–H groups in total. The van der Waals surface area contributed by atoms with Crippen LogP contribution in [0.25, 0.3) is 0 Å². The van der Waals surface area contributed by atoms with Crippen LogP contribution < -0.4 is 0 Å². The number of aromatic nitrogens is 2. The third kappa shape index (κ3) is 3.95. The number of rotatable bonds is 5. The van der Waals surface area contributed by atoms with E-state index in [1.54, 1.807) is 6.20 Å². The van der Waals surface area contributed by atoms with Gasteiger partial charge in [0.05, 0.1) is 35.6 Å². The van der Waals surface area contributed by atoms with Crippen molar-refractivity contribution in [1.82, 2.24) is 14.7 Å². The van der Waals surface area contributed by atoms with Crippen LogP contribution in [0.2, 0.25) is 0 Å². The number of nitrogens with zero attached hydrogens (tertiary/aromatic N) is 3. The lowest BCUT2D eigenvalue weighted by Crippen LogP contribution is -2.32. The van der Waals surface area contributed by atoms with Crippen LogP contribution in [-0.4, -0.2) is 64.6 Å². The van der Waals surface area contributed by atoms with Crippen LogP contribution in [0.5, 0.6) is 0 Å². The quantitative estimate of drug-likeness (QED) is 0.869. The summed E-state index contributed by atoms with van der Waals surface area (Å²) in [5.74, 6) is 1.83. The normalized spacial score (nSPS) is 21.8. The van der Waals surface area contributed by atoms with E-state index in [9.17, 15) is 5.11 Å². The maximum Gasteiger partial charge on any atom is 0.124 e. The molecule has 0 radical (unpaired) electrons. The Kier molecular flexibility index (Phi) is 5.70. The Morgan fingerprint density at radius 2 is 2.47 bits per heavy atom.